The molecule has 0 spiro atoms. The van der Waals surface area contributed by atoms with Crippen LogP contribution in [0.25, 0.3) is 0 Å². The summed E-state index contributed by atoms with van der Waals surface area (Å²) < 4.78 is 36.4. The van der Waals surface area contributed by atoms with Gasteiger partial charge in [0.15, 0.2) is 0 Å². The summed E-state index contributed by atoms with van der Waals surface area (Å²) in [4.78, 5) is 7.35. The van der Waals surface area contributed by atoms with E-state index >= 15 is 0 Å². The molecule has 1 unspecified atom stereocenters. The monoisotopic (exact) mass is 1050 g/mol. The fourth-order valence-corrected chi connectivity index (χ4v) is 10.9. The summed E-state index contributed by atoms with van der Waals surface area (Å²) in [7, 11) is -5.16. The second-order valence-electron chi connectivity index (χ2n) is 17.8. The van der Waals surface area contributed by atoms with Gasteiger partial charge in [0.25, 0.3) is 10.0 Å². The number of benzene rings is 9. The van der Waals surface area contributed by atoms with E-state index in [4.69, 9.17) is 19.5 Å². The van der Waals surface area contributed by atoms with Crippen molar-refractivity contribution in [2.45, 2.75) is 64.4 Å². The van der Waals surface area contributed by atoms with Gasteiger partial charge in [0.1, 0.15) is 24.7 Å². The molecule has 2 aliphatic rings. The molecule has 0 saturated carbocycles. The van der Waals surface area contributed by atoms with Crippen LogP contribution in [0.5, 0.6) is 11.5 Å². The molecular weight excluding hydrogens is 992 g/mol. The van der Waals surface area contributed by atoms with Crippen molar-refractivity contribution >= 4 is 74.6 Å². The standard InChI is InChI=1S/C27H23NOS.C21H19N3O2S2.C13H13BO3/c1-19(21-10-7-11-23(16-21)29-18-20-8-3-2-4-9-20)22-14-15-27-25(17-22)28-24-12-5-6-13-26(24)30-27;1-14-7-10-17(11-8-14)28(25,26)24-23-15(2)16-9-12-21-19(13-16)22-18-5-3-4-6-20(18)27-21;15-14(16)12-7-4-8-13(9-12)17-10-11-5-2-1-3-6-11/h2-17,19,28H,18H2,1H3;3-13,22,24H,1-2H3;1-9,15-16H,10H2/b;23-15+;. The Morgan fingerprint density at radius 3 is 1.67 bits per heavy atom. The molecule has 0 radical (unpaired) electrons. The van der Waals surface area contributed by atoms with E-state index in [1.807, 2.05) is 110 Å². The minimum Gasteiger partial charge on any atom is -0.489 e. The number of nitrogens with one attached hydrogen (secondary N) is 3. The SMILES string of the molecule is C/C(=N\NS(=O)(=O)c1ccc(C)cc1)c1ccc2c(c1)Nc1ccccc1S2.CC(c1cccc(OCc2ccccc2)c1)c1ccc2c(c1)Nc1ccccc1S2.OB(O)c1cccc(OCc2ccccc2)c1. The zero-order valence-corrected chi connectivity index (χ0v) is 44.0. The molecule has 0 aromatic heterocycles. The summed E-state index contributed by atoms with van der Waals surface area (Å²) >= 11 is 3.53. The van der Waals surface area contributed by atoms with Crippen LogP contribution in [0.1, 0.15) is 53.1 Å². The minimum atomic E-state index is -3.69. The molecule has 0 saturated heterocycles. The lowest BCUT2D eigenvalue weighted by molar-refractivity contribution is 0.306. The maximum Gasteiger partial charge on any atom is 0.488 e. The number of sulfonamides is 1. The molecule has 2 heterocycles. The minimum absolute atomic E-state index is 0.190. The van der Waals surface area contributed by atoms with Gasteiger partial charge in [-0.2, -0.15) is 18.4 Å². The Morgan fingerprint density at radius 2 is 1.07 bits per heavy atom. The van der Waals surface area contributed by atoms with Crippen LogP contribution in [0.15, 0.2) is 248 Å². The lowest BCUT2D eigenvalue weighted by atomic mass is 9.80. The molecule has 9 aromatic rings. The maximum atomic E-state index is 12.4. The highest BCUT2D eigenvalue weighted by atomic mass is 32.2. The van der Waals surface area contributed by atoms with Crippen LogP contribution < -0.4 is 30.4 Å². The van der Waals surface area contributed by atoms with E-state index in [-0.39, 0.29) is 10.8 Å². The number of nitrogens with zero attached hydrogens (tertiary/aromatic N) is 1. The molecule has 1 atom stereocenters. The summed E-state index contributed by atoms with van der Waals surface area (Å²) in [6.45, 7) is 6.99. The highest BCUT2D eigenvalue weighted by Gasteiger charge is 2.20. The van der Waals surface area contributed by atoms with Gasteiger partial charge in [-0.25, -0.2) is 0 Å². The molecule has 0 amide bonds. The first kappa shape index (κ1) is 52.2. The molecule has 75 heavy (non-hydrogen) atoms. The van der Waals surface area contributed by atoms with E-state index in [1.165, 1.54) is 42.8 Å². The predicted octanol–water partition coefficient (Wildman–Crippen LogP) is 13.5. The number of hydrazone groups is 1. The number of para-hydroxylation sites is 2. The first-order valence-electron chi connectivity index (χ1n) is 24.3. The van der Waals surface area contributed by atoms with E-state index in [0.29, 0.717) is 30.1 Å². The average molecular weight is 1050 g/mol. The van der Waals surface area contributed by atoms with Crippen LogP contribution in [-0.2, 0) is 23.2 Å². The number of rotatable bonds is 13. The lowest BCUT2D eigenvalue weighted by Gasteiger charge is -2.23. The number of anilines is 4. The van der Waals surface area contributed by atoms with Crippen molar-refractivity contribution in [1.29, 1.82) is 0 Å². The molecular formula is C61H55BN4O6S3. The molecule has 10 nitrogen and oxygen atoms in total. The third-order valence-electron chi connectivity index (χ3n) is 12.3. The van der Waals surface area contributed by atoms with Gasteiger partial charge in [0.05, 0.1) is 33.4 Å². The largest absolute Gasteiger partial charge is 0.489 e. The van der Waals surface area contributed by atoms with Crippen LogP contribution >= 0.6 is 23.5 Å². The predicted molar refractivity (Wildman–Crippen MR) is 306 cm³/mol. The smallest absolute Gasteiger partial charge is 0.488 e. The summed E-state index contributed by atoms with van der Waals surface area (Å²) in [5.74, 6) is 1.81. The molecule has 5 N–H and O–H groups in total. The third kappa shape index (κ3) is 13.9. The molecule has 11 rings (SSSR count). The van der Waals surface area contributed by atoms with Gasteiger partial charge in [-0.3, -0.25) is 0 Å². The van der Waals surface area contributed by atoms with E-state index in [9.17, 15) is 8.42 Å². The average Bonchev–Trinajstić information content (AvgIpc) is 3.45. The number of hydrogen-bond acceptors (Lipinski definition) is 11. The van der Waals surface area contributed by atoms with Crippen molar-refractivity contribution in [1.82, 2.24) is 4.83 Å². The topological polar surface area (TPSA) is 142 Å². The van der Waals surface area contributed by atoms with Gasteiger partial charge >= 0.3 is 7.12 Å². The van der Waals surface area contributed by atoms with Crippen molar-refractivity contribution in [2.75, 3.05) is 10.6 Å². The summed E-state index contributed by atoms with van der Waals surface area (Å²) in [5, 5.41) is 29.2. The van der Waals surface area contributed by atoms with E-state index < -0.39 is 17.1 Å². The van der Waals surface area contributed by atoms with Gasteiger partial charge in [-0.1, -0.05) is 169 Å². The van der Waals surface area contributed by atoms with Crippen LogP contribution in [0.2, 0.25) is 0 Å². The number of hydrogen-bond donors (Lipinski definition) is 5. The first-order valence-corrected chi connectivity index (χ1v) is 27.4. The molecule has 376 valence electrons. The lowest BCUT2D eigenvalue weighted by Crippen LogP contribution is -2.29. The van der Waals surface area contributed by atoms with Crippen LogP contribution in [0.4, 0.5) is 22.7 Å². The van der Waals surface area contributed by atoms with Crippen molar-refractivity contribution in [3.8, 4) is 11.5 Å². The third-order valence-corrected chi connectivity index (χ3v) is 15.9. The highest BCUT2D eigenvalue weighted by Crippen LogP contribution is 2.46. The normalized spacial score (nSPS) is 12.4. The summed E-state index contributed by atoms with van der Waals surface area (Å²) in [6.07, 6.45) is 0. The zero-order chi connectivity index (χ0) is 52.2. The quantitative estimate of drug-likeness (QED) is 0.0430. The second kappa shape index (κ2) is 24.5. The van der Waals surface area contributed by atoms with Gasteiger partial charge in [-0.05, 0) is 132 Å². The van der Waals surface area contributed by atoms with Gasteiger partial charge in [0.2, 0.25) is 0 Å². The Kier molecular flexibility index (Phi) is 17.1. The van der Waals surface area contributed by atoms with Crippen LogP contribution in [0.3, 0.4) is 0 Å². The van der Waals surface area contributed by atoms with Crippen LogP contribution in [0, 0.1) is 6.92 Å². The molecule has 2 aliphatic heterocycles. The number of fused-ring (bicyclic) bond motifs is 4. The molecule has 0 bridgehead atoms. The van der Waals surface area contributed by atoms with Gasteiger partial charge in [-0.15, -0.1) is 0 Å². The summed E-state index contributed by atoms with van der Waals surface area (Å²) in [6, 6.07) is 71.2. The van der Waals surface area contributed by atoms with Gasteiger partial charge in [0, 0.05) is 25.5 Å². The van der Waals surface area contributed by atoms with Crippen molar-refractivity contribution in [2.24, 2.45) is 5.10 Å². The molecule has 9 aromatic carbocycles. The molecule has 0 fully saturated rings. The number of aryl methyl sites for hydroxylation is 1. The Balaban J connectivity index is 0.000000143. The Hall–Kier alpha value is -7.72. The maximum absolute atomic E-state index is 12.4. The van der Waals surface area contributed by atoms with Crippen molar-refractivity contribution in [3.05, 3.63) is 252 Å². The van der Waals surface area contributed by atoms with E-state index in [1.54, 1.807) is 67.2 Å². The van der Waals surface area contributed by atoms with E-state index in [2.05, 4.69) is 106 Å². The molecule has 0 aliphatic carbocycles. The number of ether oxygens (including phenoxy) is 2. The highest BCUT2D eigenvalue weighted by molar-refractivity contribution is 8.00. The fraction of sp³-hybridized carbons (Fsp3) is 0.0984. The zero-order valence-electron chi connectivity index (χ0n) is 41.6. The van der Waals surface area contributed by atoms with E-state index in [0.717, 1.165) is 38.7 Å². The first-order chi connectivity index (χ1) is 36.4. The molecule has 14 heteroatoms. The van der Waals surface area contributed by atoms with Crippen molar-refractivity contribution < 1.29 is 27.9 Å². The second-order valence-corrected chi connectivity index (χ2v) is 21.6. The van der Waals surface area contributed by atoms with Crippen molar-refractivity contribution in [3.63, 3.8) is 0 Å². The van der Waals surface area contributed by atoms with Crippen LogP contribution in [-0.4, -0.2) is 31.3 Å². The Morgan fingerprint density at radius 1 is 0.560 bits per heavy atom. The summed E-state index contributed by atoms with van der Waals surface area (Å²) in [5.41, 5.74) is 12.1. The fourth-order valence-electron chi connectivity index (χ4n) is 8.07. The Labute approximate surface area is 448 Å². The Bertz CT molecular complexity index is 3530. The van der Waals surface area contributed by atoms with Gasteiger partial charge < -0.3 is 30.2 Å².